The number of hydrogen-bond acceptors (Lipinski definition) is 5. The molecule has 2 aromatic rings. The fraction of sp³-hybridized carbons (Fsp3) is 0.550. The second kappa shape index (κ2) is 7.54. The van der Waals surface area contributed by atoms with Crippen LogP contribution in [0.3, 0.4) is 0 Å². The molecule has 1 aliphatic rings. The lowest BCUT2D eigenvalue weighted by atomic mass is 10.1. The Balaban J connectivity index is 1.90. The van der Waals surface area contributed by atoms with Crippen LogP contribution >= 0.6 is 0 Å². The molecule has 1 aromatic heterocycles. The van der Waals surface area contributed by atoms with Crippen molar-refractivity contribution >= 4 is 14.3 Å². The summed E-state index contributed by atoms with van der Waals surface area (Å²) >= 11 is 0. The second-order valence-corrected chi connectivity index (χ2v) is 13.2. The summed E-state index contributed by atoms with van der Waals surface area (Å²) in [7, 11) is -1.97. The fourth-order valence-electron chi connectivity index (χ4n) is 2.80. The van der Waals surface area contributed by atoms with Crippen molar-refractivity contribution in [2.45, 2.75) is 45.0 Å². The Morgan fingerprint density at radius 2 is 1.81 bits per heavy atom. The highest BCUT2D eigenvalue weighted by molar-refractivity contribution is 6.74. The molecule has 0 radical (unpaired) electrons. The molecule has 1 aliphatic heterocycles. The van der Waals surface area contributed by atoms with Gasteiger partial charge in [-0.05, 0) is 23.7 Å². The molecule has 6 heteroatoms. The Hall–Kier alpha value is -1.63. The van der Waals surface area contributed by atoms with Crippen molar-refractivity contribution in [2.24, 2.45) is 0 Å². The van der Waals surface area contributed by atoms with Gasteiger partial charge in [-0.15, -0.1) is 0 Å². The Morgan fingerprint density at radius 3 is 2.42 bits per heavy atom. The van der Waals surface area contributed by atoms with E-state index in [4.69, 9.17) is 13.8 Å². The van der Waals surface area contributed by atoms with Gasteiger partial charge in [0.2, 0.25) is 0 Å². The van der Waals surface area contributed by atoms with Gasteiger partial charge < -0.3 is 19.1 Å². The molecular formula is C20H31N3O2Si. The van der Waals surface area contributed by atoms with E-state index in [0.29, 0.717) is 6.01 Å². The molecule has 1 atom stereocenters. The normalized spacial score (nSPS) is 17.3. The van der Waals surface area contributed by atoms with Crippen molar-refractivity contribution < 1.29 is 8.84 Å². The minimum atomic E-state index is -1.97. The molecule has 3 rings (SSSR count). The molecule has 0 aliphatic carbocycles. The predicted molar refractivity (Wildman–Crippen MR) is 108 cm³/mol. The Bertz CT molecular complexity index is 703. The van der Waals surface area contributed by atoms with Crippen molar-refractivity contribution in [1.29, 1.82) is 0 Å². The van der Waals surface area contributed by atoms with Gasteiger partial charge in [-0.2, -0.15) is 4.98 Å². The Labute approximate surface area is 157 Å². The largest absolute Gasteiger partial charge is 0.432 e. The predicted octanol–water partition coefficient (Wildman–Crippen LogP) is 4.20. The van der Waals surface area contributed by atoms with Crippen molar-refractivity contribution in [3.05, 3.63) is 47.9 Å². The number of nitrogens with one attached hydrogen (secondary N) is 1. The molecule has 5 nitrogen and oxygen atoms in total. The van der Waals surface area contributed by atoms with E-state index in [9.17, 15) is 0 Å². The third-order valence-corrected chi connectivity index (χ3v) is 9.92. The van der Waals surface area contributed by atoms with E-state index in [1.807, 2.05) is 6.07 Å². The first-order chi connectivity index (χ1) is 12.3. The van der Waals surface area contributed by atoms with Crippen LogP contribution in [0.25, 0.3) is 0 Å². The minimum absolute atomic E-state index is 0.130. The van der Waals surface area contributed by atoms with Crippen molar-refractivity contribution in [3.8, 4) is 0 Å². The van der Waals surface area contributed by atoms with Crippen LogP contribution in [0.1, 0.15) is 38.1 Å². The summed E-state index contributed by atoms with van der Waals surface area (Å²) in [5.74, 6) is 0. The first-order valence-electron chi connectivity index (χ1n) is 9.42. The maximum absolute atomic E-state index is 6.76. The number of benzene rings is 1. The summed E-state index contributed by atoms with van der Waals surface area (Å²) in [4.78, 5) is 6.99. The SMILES string of the molecule is CC(C)(C)[Si](C)(C)OC(c1ccccc1)c1coc(N2CCNCC2)n1. The van der Waals surface area contributed by atoms with E-state index >= 15 is 0 Å². The quantitative estimate of drug-likeness (QED) is 0.796. The van der Waals surface area contributed by atoms with Crippen LogP contribution in [-0.2, 0) is 4.43 Å². The lowest BCUT2D eigenvalue weighted by molar-refractivity contribution is 0.217. The van der Waals surface area contributed by atoms with Crippen LogP contribution in [0.2, 0.25) is 18.1 Å². The molecule has 1 unspecified atom stereocenters. The van der Waals surface area contributed by atoms with Crippen LogP contribution in [0, 0.1) is 0 Å². The standard InChI is InChI=1S/C20H31N3O2Si/c1-20(2,3)26(4,5)25-18(16-9-7-6-8-10-16)17-15-24-19(22-17)23-13-11-21-12-14-23/h6-10,15,18,21H,11-14H2,1-5H3. The summed E-state index contributed by atoms with van der Waals surface area (Å²) in [6, 6.07) is 11.0. The average Bonchev–Trinajstić information content (AvgIpc) is 3.10. The van der Waals surface area contributed by atoms with E-state index in [1.54, 1.807) is 6.26 Å². The fourth-order valence-corrected chi connectivity index (χ4v) is 4.00. The molecule has 2 heterocycles. The zero-order valence-corrected chi connectivity index (χ0v) is 17.6. The van der Waals surface area contributed by atoms with Gasteiger partial charge in [-0.25, -0.2) is 0 Å². The highest BCUT2D eigenvalue weighted by atomic mass is 28.4. The molecular weight excluding hydrogens is 342 g/mol. The van der Waals surface area contributed by atoms with Crippen LogP contribution in [0.4, 0.5) is 6.01 Å². The first-order valence-corrected chi connectivity index (χ1v) is 12.3. The molecule has 1 saturated heterocycles. The lowest BCUT2D eigenvalue weighted by Crippen LogP contribution is -2.43. The number of piperazine rings is 1. The van der Waals surface area contributed by atoms with Gasteiger partial charge in [0.1, 0.15) is 18.1 Å². The topological polar surface area (TPSA) is 50.5 Å². The third kappa shape index (κ3) is 4.19. The Kier molecular flexibility index (Phi) is 5.55. The zero-order valence-electron chi connectivity index (χ0n) is 16.6. The van der Waals surface area contributed by atoms with Gasteiger partial charge in [0.15, 0.2) is 8.32 Å². The molecule has 0 amide bonds. The first kappa shape index (κ1) is 19.1. The maximum atomic E-state index is 6.76. The molecule has 0 saturated carbocycles. The van der Waals surface area contributed by atoms with Crippen LogP contribution in [0.5, 0.6) is 0 Å². The summed E-state index contributed by atoms with van der Waals surface area (Å²) < 4.78 is 12.6. The van der Waals surface area contributed by atoms with Gasteiger partial charge in [-0.3, -0.25) is 0 Å². The van der Waals surface area contributed by atoms with Crippen molar-refractivity contribution in [3.63, 3.8) is 0 Å². The molecule has 26 heavy (non-hydrogen) atoms. The van der Waals surface area contributed by atoms with Gasteiger partial charge in [0.25, 0.3) is 6.01 Å². The molecule has 0 spiro atoms. The molecule has 1 N–H and O–H groups in total. The van der Waals surface area contributed by atoms with Crippen molar-refractivity contribution in [2.75, 3.05) is 31.1 Å². The molecule has 142 valence electrons. The Morgan fingerprint density at radius 1 is 1.15 bits per heavy atom. The number of hydrogen-bond donors (Lipinski definition) is 1. The summed E-state index contributed by atoms with van der Waals surface area (Å²) in [6.07, 6.45) is 1.57. The van der Waals surface area contributed by atoms with Gasteiger partial charge in [0, 0.05) is 26.2 Å². The summed E-state index contributed by atoms with van der Waals surface area (Å²) in [5.41, 5.74) is 1.98. The second-order valence-electron chi connectivity index (χ2n) is 8.46. The van der Waals surface area contributed by atoms with Gasteiger partial charge >= 0.3 is 0 Å². The smallest absolute Gasteiger partial charge is 0.297 e. The van der Waals surface area contributed by atoms with E-state index in [2.05, 4.69) is 68.3 Å². The zero-order chi connectivity index (χ0) is 18.8. The highest BCUT2D eigenvalue weighted by Gasteiger charge is 2.40. The maximum Gasteiger partial charge on any atom is 0.297 e. The summed E-state index contributed by atoms with van der Waals surface area (Å²) in [5, 5.41) is 3.49. The minimum Gasteiger partial charge on any atom is -0.432 e. The third-order valence-electron chi connectivity index (χ3n) is 5.49. The monoisotopic (exact) mass is 373 g/mol. The van der Waals surface area contributed by atoms with E-state index in [1.165, 1.54) is 0 Å². The lowest BCUT2D eigenvalue weighted by Gasteiger charge is -2.39. The van der Waals surface area contributed by atoms with Gasteiger partial charge in [-0.1, -0.05) is 51.1 Å². The number of nitrogens with zero attached hydrogens (tertiary/aromatic N) is 2. The number of anilines is 1. The van der Waals surface area contributed by atoms with Gasteiger partial charge in [0.05, 0.1) is 0 Å². The van der Waals surface area contributed by atoms with Crippen LogP contribution in [0.15, 0.2) is 41.0 Å². The van der Waals surface area contributed by atoms with E-state index < -0.39 is 8.32 Å². The molecule has 0 bridgehead atoms. The number of aromatic nitrogens is 1. The van der Waals surface area contributed by atoms with E-state index in [0.717, 1.165) is 37.4 Å². The van der Waals surface area contributed by atoms with Crippen molar-refractivity contribution in [1.82, 2.24) is 10.3 Å². The number of oxazole rings is 1. The average molecular weight is 374 g/mol. The number of rotatable bonds is 5. The highest BCUT2D eigenvalue weighted by Crippen LogP contribution is 2.41. The van der Waals surface area contributed by atoms with E-state index in [-0.39, 0.29) is 11.1 Å². The van der Waals surface area contributed by atoms with Crippen LogP contribution < -0.4 is 10.2 Å². The van der Waals surface area contributed by atoms with Crippen LogP contribution in [-0.4, -0.2) is 39.5 Å². The summed E-state index contributed by atoms with van der Waals surface area (Å²) in [6.45, 7) is 15.1. The molecule has 1 fully saturated rings. The molecule has 1 aromatic carbocycles.